The molecule has 0 bridgehead atoms. The first-order chi connectivity index (χ1) is 7.81. The highest BCUT2D eigenvalue weighted by Crippen LogP contribution is 2.35. The van der Waals surface area contributed by atoms with Crippen molar-refractivity contribution in [3.05, 3.63) is 35.9 Å². The predicted octanol–water partition coefficient (Wildman–Crippen LogP) is 3.57. The summed E-state index contributed by atoms with van der Waals surface area (Å²) in [4.78, 5) is 0. The molecule has 1 aliphatic rings. The molecule has 1 saturated carbocycles. The van der Waals surface area contributed by atoms with E-state index in [1.54, 1.807) is 0 Å². The summed E-state index contributed by atoms with van der Waals surface area (Å²) in [6.45, 7) is 5.70. The van der Waals surface area contributed by atoms with E-state index in [4.69, 9.17) is 0 Å². The molecule has 1 N–H and O–H groups in total. The molecule has 1 aromatic carbocycles. The molecule has 1 aliphatic carbocycles. The van der Waals surface area contributed by atoms with E-state index in [2.05, 4.69) is 49.5 Å². The van der Waals surface area contributed by atoms with Crippen molar-refractivity contribution in [3.8, 4) is 0 Å². The summed E-state index contributed by atoms with van der Waals surface area (Å²) in [6.07, 6.45) is 4.00. The molecule has 0 spiro atoms. The Morgan fingerprint density at radius 3 is 2.56 bits per heavy atom. The maximum absolute atomic E-state index is 3.61. The van der Waals surface area contributed by atoms with Crippen LogP contribution in [0.3, 0.4) is 0 Å². The normalized spacial score (nSPS) is 30.2. The van der Waals surface area contributed by atoms with Gasteiger partial charge in [0.25, 0.3) is 0 Å². The lowest BCUT2D eigenvalue weighted by molar-refractivity contribution is 0.259. The zero-order valence-corrected chi connectivity index (χ0v) is 10.4. The van der Waals surface area contributed by atoms with Crippen molar-refractivity contribution in [1.82, 2.24) is 5.32 Å². The lowest BCUT2D eigenvalue weighted by Crippen LogP contribution is -2.38. The summed E-state index contributed by atoms with van der Waals surface area (Å²) < 4.78 is 0. The van der Waals surface area contributed by atoms with E-state index in [0.717, 1.165) is 24.4 Å². The van der Waals surface area contributed by atoms with Gasteiger partial charge in [0.2, 0.25) is 0 Å². The summed E-state index contributed by atoms with van der Waals surface area (Å²) in [5.74, 6) is 1.59. The van der Waals surface area contributed by atoms with Crippen LogP contribution in [0, 0.1) is 5.92 Å². The van der Waals surface area contributed by atoms with Gasteiger partial charge in [-0.15, -0.1) is 0 Å². The Morgan fingerprint density at radius 2 is 1.94 bits per heavy atom. The van der Waals surface area contributed by atoms with Crippen molar-refractivity contribution in [1.29, 1.82) is 0 Å². The zero-order valence-electron chi connectivity index (χ0n) is 10.4. The Labute approximate surface area is 99.3 Å². The molecule has 1 fully saturated rings. The van der Waals surface area contributed by atoms with Gasteiger partial charge in [0, 0.05) is 6.04 Å². The molecule has 0 amide bonds. The molecule has 0 aliphatic heterocycles. The molecule has 0 aromatic heterocycles. The van der Waals surface area contributed by atoms with Crippen molar-refractivity contribution in [2.75, 3.05) is 6.54 Å². The van der Waals surface area contributed by atoms with Crippen LogP contribution < -0.4 is 5.32 Å². The highest BCUT2D eigenvalue weighted by atomic mass is 14.9. The predicted molar refractivity (Wildman–Crippen MR) is 69.7 cm³/mol. The maximum Gasteiger partial charge on any atom is 0.00930 e. The van der Waals surface area contributed by atoms with Gasteiger partial charge in [-0.05, 0) is 43.2 Å². The Morgan fingerprint density at radius 1 is 1.19 bits per heavy atom. The second-order valence-electron chi connectivity index (χ2n) is 5.06. The second-order valence-corrected chi connectivity index (χ2v) is 5.06. The van der Waals surface area contributed by atoms with Crippen LogP contribution in [-0.4, -0.2) is 12.6 Å². The lowest BCUT2D eigenvalue weighted by atomic mass is 9.76. The van der Waals surface area contributed by atoms with Crippen LogP contribution in [0.5, 0.6) is 0 Å². The van der Waals surface area contributed by atoms with Crippen molar-refractivity contribution in [2.24, 2.45) is 5.92 Å². The summed E-state index contributed by atoms with van der Waals surface area (Å²) in [5.41, 5.74) is 1.53. The van der Waals surface area contributed by atoms with E-state index in [0.29, 0.717) is 0 Å². The average molecular weight is 217 g/mol. The third-order valence-electron chi connectivity index (χ3n) is 3.91. The molecular formula is C15H23N. The van der Waals surface area contributed by atoms with E-state index in [9.17, 15) is 0 Å². The van der Waals surface area contributed by atoms with Gasteiger partial charge in [-0.2, -0.15) is 0 Å². The van der Waals surface area contributed by atoms with Crippen LogP contribution in [0.4, 0.5) is 0 Å². The molecule has 1 aromatic rings. The minimum atomic E-state index is 0.741. The molecule has 1 nitrogen and oxygen atoms in total. The highest BCUT2D eigenvalue weighted by molar-refractivity contribution is 5.20. The summed E-state index contributed by atoms with van der Waals surface area (Å²) in [7, 11) is 0. The zero-order chi connectivity index (χ0) is 11.4. The Bertz CT molecular complexity index is 306. The van der Waals surface area contributed by atoms with Crippen LogP contribution in [0.2, 0.25) is 0 Å². The third kappa shape index (κ3) is 2.65. The van der Waals surface area contributed by atoms with Crippen molar-refractivity contribution in [3.63, 3.8) is 0 Å². The first kappa shape index (κ1) is 11.7. The third-order valence-corrected chi connectivity index (χ3v) is 3.91. The van der Waals surface area contributed by atoms with Crippen LogP contribution in [-0.2, 0) is 0 Å². The SMILES string of the molecule is CCNC1CCC(c2ccccc2)CC1C. The van der Waals surface area contributed by atoms with Gasteiger partial charge in [0.15, 0.2) is 0 Å². The maximum atomic E-state index is 3.61. The first-order valence-corrected chi connectivity index (χ1v) is 6.59. The van der Waals surface area contributed by atoms with E-state index < -0.39 is 0 Å². The molecule has 1 heteroatoms. The molecule has 2 rings (SSSR count). The molecule has 16 heavy (non-hydrogen) atoms. The minimum absolute atomic E-state index is 0.741. The Balaban J connectivity index is 1.97. The molecule has 0 radical (unpaired) electrons. The van der Waals surface area contributed by atoms with Gasteiger partial charge < -0.3 is 5.32 Å². The molecule has 3 unspecified atom stereocenters. The molecule has 88 valence electrons. The van der Waals surface area contributed by atoms with Gasteiger partial charge in [-0.1, -0.05) is 44.2 Å². The minimum Gasteiger partial charge on any atom is -0.314 e. The van der Waals surface area contributed by atoms with Gasteiger partial charge in [0.05, 0.1) is 0 Å². The average Bonchev–Trinajstić information content (AvgIpc) is 2.33. The fraction of sp³-hybridized carbons (Fsp3) is 0.600. The van der Waals surface area contributed by atoms with E-state index in [1.165, 1.54) is 24.8 Å². The number of nitrogens with one attached hydrogen (secondary N) is 1. The van der Waals surface area contributed by atoms with E-state index in [-0.39, 0.29) is 0 Å². The smallest absolute Gasteiger partial charge is 0.00930 e. The molecule has 0 saturated heterocycles. The van der Waals surface area contributed by atoms with Crippen molar-refractivity contribution >= 4 is 0 Å². The molecular weight excluding hydrogens is 194 g/mol. The van der Waals surface area contributed by atoms with Gasteiger partial charge in [0.1, 0.15) is 0 Å². The first-order valence-electron chi connectivity index (χ1n) is 6.59. The number of benzene rings is 1. The largest absolute Gasteiger partial charge is 0.314 e. The fourth-order valence-electron chi connectivity index (χ4n) is 2.99. The number of hydrogen-bond donors (Lipinski definition) is 1. The van der Waals surface area contributed by atoms with E-state index >= 15 is 0 Å². The van der Waals surface area contributed by atoms with E-state index in [1.807, 2.05) is 0 Å². The van der Waals surface area contributed by atoms with Gasteiger partial charge in [-0.25, -0.2) is 0 Å². The van der Waals surface area contributed by atoms with Gasteiger partial charge >= 0.3 is 0 Å². The number of hydrogen-bond acceptors (Lipinski definition) is 1. The lowest BCUT2D eigenvalue weighted by Gasteiger charge is -2.34. The second kappa shape index (κ2) is 5.49. The van der Waals surface area contributed by atoms with Crippen LogP contribution in [0.25, 0.3) is 0 Å². The quantitative estimate of drug-likeness (QED) is 0.816. The number of rotatable bonds is 3. The Hall–Kier alpha value is -0.820. The Kier molecular flexibility index (Phi) is 4.00. The summed E-state index contributed by atoms with van der Waals surface area (Å²) >= 11 is 0. The van der Waals surface area contributed by atoms with Gasteiger partial charge in [-0.3, -0.25) is 0 Å². The summed E-state index contributed by atoms with van der Waals surface area (Å²) in [6, 6.07) is 11.7. The fourth-order valence-corrected chi connectivity index (χ4v) is 2.99. The molecule has 0 heterocycles. The molecule has 3 atom stereocenters. The summed E-state index contributed by atoms with van der Waals surface area (Å²) in [5, 5.41) is 3.61. The van der Waals surface area contributed by atoms with Crippen LogP contribution in [0.1, 0.15) is 44.6 Å². The standard InChI is InChI=1S/C15H23N/c1-3-16-15-10-9-14(11-12(15)2)13-7-5-4-6-8-13/h4-8,12,14-16H,3,9-11H2,1-2H3. The monoisotopic (exact) mass is 217 g/mol. The topological polar surface area (TPSA) is 12.0 Å². The van der Waals surface area contributed by atoms with Crippen LogP contribution in [0.15, 0.2) is 30.3 Å². The van der Waals surface area contributed by atoms with Crippen molar-refractivity contribution < 1.29 is 0 Å². The van der Waals surface area contributed by atoms with Crippen molar-refractivity contribution in [2.45, 2.75) is 45.1 Å². The highest BCUT2D eigenvalue weighted by Gasteiger charge is 2.27. The van der Waals surface area contributed by atoms with Crippen LogP contribution >= 0.6 is 0 Å².